The first kappa shape index (κ1) is 44.3. The number of benzene rings is 2. The van der Waals surface area contributed by atoms with E-state index in [0.717, 1.165) is 25.3 Å². The standard InChI is InChI=1S/C43H55FN6O9/c1-4-8-27(3)21-36(51)43(14-7-15-43)37(52)22-29(9-6-16-46-41(45)57)39(54)47-30-12-10-28(11-13-30)26-59-42(58)50-19-17-49(18-20-50)35-24-34-31(23-33(35)44)38(53)32(40(55)56)25-48(34)5-2/h10-13,23-25,27,29H,4-9,14-22,26H2,1-3H3,(H,47,54)(H,55,56)(H3,45,46,57)/t27?,29-/m1/s1. The molecule has 0 spiro atoms. The van der Waals surface area contributed by atoms with E-state index >= 15 is 4.39 Å². The molecule has 3 aromatic rings. The number of halogens is 1. The summed E-state index contributed by atoms with van der Waals surface area (Å²) in [4.78, 5) is 92.5. The Morgan fingerprint density at radius 1 is 0.966 bits per heavy atom. The molecule has 1 saturated carbocycles. The van der Waals surface area contributed by atoms with Gasteiger partial charge in [0.05, 0.1) is 16.6 Å². The molecular formula is C43H55FN6O9. The summed E-state index contributed by atoms with van der Waals surface area (Å²) in [7, 11) is 0. The molecule has 1 aromatic heterocycles. The van der Waals surface area contributed by atoms with Crippen molar-refractivity contribution in [3.8, 4) is 0 Å². The maximum atomic E-state index is 15.3. The first-order valence-corrected chi connectivity index (χ1v) is 20.4. The number of ketones is 2. The number of nitrogens with one attached hydrogen (secondary N) is 2. The molecule has 4 amide bonds. The van der Waals surface area contributed by atoms with E-state index in [9.17, 15) is 38.7 Å². The molecule has 1 unspecified atom stereocenters. The molecular weight excluding hydrogens is 764 g/mol. The number of aromatic nitrogens is 1. The van der Waals surface area contributed by atoms with Gasteiger partial charge < -0.3 is 40.6 Å². The molecule has 5 N–H and O–H groups in total. The molecule has 2 atom stereocenters. The van der Waals surface area contributed by atoms with Crippen molar-refractivity contribution in [3.05, 3.63) is 69.8 Å². The summed E-state index contributed by atoms with van der Waals surface area (Å²) in [5.41, 5.74) is 4.76. The van der Waals surface area contributed by atoms with Crippen LogP contribution in [0.2, 0.25) is 0 Å². The zero-order valence-corrected chi connectivity index (χ0v) is 34.0. The van der Waals surface area contributed by atoms with Gasteiger partial charge in [0, 0.05) is 75.3 Å². The number of amides is 4. The number of primary amides is 1. The third-order valence-electron chi connectivity index (χ3n) is 11.6. The number of aryl methyl sites for hydroxylation is 1. The van der Waals surface area contributed by atoms with Gasteiger partial charge in [0.15, 0.2) is 0 Å². The monoisotopic (exact) mass is 818 g/mol. The number of ether oxygens (including phenoxy) is 1. The van der Waals surface area contributed by atoms with Gasteiger partial charge in [-0.3, -0.25) is 19.2 Å². The van der Waals surface area contributed by atoms with Crippen LogP contribution in [0.5, 0.6) is 0 Å². The number of nitrogens with two attached hydrogens (primary N) is 1. The topological polar surface area (TPSA) is 210 Å². The minimum Gasteiger partial charge on any atom is -0.477 e. The Morgan fingerprint density at radius 2 is 1.64 bits per heavy atom. The van der Waals surface area contributed by atoms with Crippen LogP contribution in [-0.2, 0) is 32.3 Å². The van der Waals surface area contributed by atoms with Crippen molar-refractivity contribution < 1.29 is 43.0 Å². The zero-order valence-electron chi connectivity index (χ0n) is 34.0. The molecule has 2 aliphatic rings. The number of hydrogen-bond donors (Lipinski definition) is 4. The quantitative estimate of drug-likeness (QED) is 0.0838. The lowest BCUT2D eigenvalue weighted by molar-refractivity contribution is -0.148. The molecule has 2 heterocycles. The van der Waals surface area contributed by atoms with Crippen molar-refractivity contribution in [3.63, 3.8) is 0 Å². The van der Waals surface area contributed by atoms with Gasteiger partial charge in [-0.05, 0) is 68.4 Å². The minimum atomic E-state index is -1.38. The molecule has 16 heteroatoms. The maximum absolute atomic E-state index is 15.3. The molecule has 318 valence electrons. The van der Waals surface area contributed by atoms with Gasteiger partial charge >= 0.3 is 18.1 Å². The largest absolute Gasteiger partial charge is 0.477 e. The number of carbonyl (C=O) groups excluding carboxylic acids is 5. The van der Waals surface area contributed by atoms with Crippen LogP contribution >= 0.6 is 0 Å². The lowest BCUT2D eigenvalue weighted by Crippen LogP contribution is -2.49. The Balaban J connectivity index is 1.15. The third-order valence-corrected chi connectivity index (χ3v) is 11.6. The summed E-state index contributed by atoms with van der Waals surface area (Å²) in [6, 6.07) is 8.66. The second kappa shape index (κ2) is 19.8. The highest BCUT2D eigenvalue weighted by Crippen LogP contribution is 2.46. The van der Waals surface area contributed by atoms with Crippen LogP contribution in [0, 0.1) is 23.1 Å². The van der Waals surface area contributed by atoms with Crippen LogP contribution < -0.4 is 26.7 Å². The number of pyridine rings is 1. The molecule has 2 aromatic carbocycles. The molecule has 1 aliphatic heterocycles. The summed E-state index contributed by atoms with van der Waals surface area (Å²) in [6.07, 6.45) is 5.30. The van der Waals surface area contributed by atoms with Gasteiger partial charge in [-0.1, -0.05) is 45.2 Å². The van der Waals surface area contributed by atoms with Gasteiger partial charge in [-0.25, -0.2) is 18.8 Å². The Hall–Kier alpha value is -5.80. The fourth-order valence-corrected chi connectivity index (χ4v) is 8.01. The van der Waals surface area contributed by atoms with E-state index in [0.29, 0.717) is 68.5 Å². The van der Waals surface area contributed by atoms with E-state index in [2.05, 4.69) is 17.6 Å². The predicted molar refractivity (Wildman–Crippen MR) is 220 cm³/mol. The summed E-state index contributed by atoms with van der Waals surface area (Å²) in [5.74, 6) is -3.23. The Bertz CT molecular complexity index is 2110. The van der Waals surface area contributed by atoms with Crippen LogP contribution in [0.4, 0.5) is 25.4 Å². The highest BCUT2D eigenvalue weighted by molar-refractivity contribution is 6.09. The summed E-state index contributed by atoms with van der Waals surface area (Å²) < 4.78 is 22.5. The van der Waals surface area contributed by atoms with Crippen molar-refractivity contribution in [2.45, 2.75) is 91.7 Å². The number of carbonyl (C=O) groups is 6. The molecule has 5 rings (SSSR count). The molecule has 1 saturated heterocycles. The van der Waals surface area contributed by atoms with E-state index in [1.165, 1.54) is 17.2 Å². The van der Waals surface area contributed by atoms with Crippen molar-refractivity contribution in [2.24, 2.45) is 23.0 Å². The fraction of sp³-hybridized carbons (Fsp3) is 0.512. The number of carboxylic acid groups (broad SMARTS) is 1. The van der Waals surface area contributed by atoms with Gasteiger partial charge in [-0.2, -0.15) is 0 Å². The molecule has 1 aliphatic carbocycles. The number of rotatable bonds is 19. The lowest BCUT2D eigenvalue weighted by Gasteiger charge is -2.40. The highest BCUT2D eigenvalue weighted by atomic mass is 19.1. The molecule has 15 nitrogen and oxygen atoms in total. The molecule has 0 bridgehead atoms. The Morgan fingerprint density at radius 3 is 2.24 bits per heavy atom. The zero-order chi connectivity index (χ0) is 42.9. The van der Waals surface area contributed by atoms with Crippen molar-refractivity contribution in [2.75, 3.05) is 42.9 Å². The number of Topliss-reactive ketones (excluding diaryl/α,β-unsaturated/α-hetero) is 2. The van der Waals surface area contributed by atoms with Crippen molar-refractivity contribution in [1.82, 2.24) is 14.8 Å². The Labute approximate surface area is 342 Å². The average molecular weight is 819 g/mol. The number of carboxylic acids is 1. The lowest BCUT2D eigenvalue weighted by atomic mass is 9.60. The van der Waals surface area contributed by atoms with Gasteiger partial charge in [0.1, 0.15) is 29.6 Å². The summed E-state index contributed by atoms with van der Waals surface area (Å²) in [6.45, 7) is 7.50. The second-order valence-electron chi connectivity index (χ2n) is 15.7. The molecule has 0 radical (unpaired) electrons. The summed E-state index contributed by atoms with van der Waals surface area (Å²) >= 11 is 0. The van der Waals surface area contributed by atoms with Gasteiger partial charge in [0.2, 0.25) is 11.3 Å². The van der Waals surface area contributed by atoms with Crippen molar-refractivity contribution >= 4 is 57.8 Å². The maximum Gasteiger partial charge on any atom is 0.410 e. The Kier molecular flexibility index (Phi) is 14.8. The fourth-order valence-electron chi connectivity index (χ4n) is 8.01. The van der Waals surface area contributed by atoms with Crippen LogP contribution in [-0.4, -0.2) is 82.9 Å². The second-order valence-corrected chi connectivity index (χ2v) is 15.7. The van der Waals surface area contributed by atoms with Crippen LogP contribution in [0.25, 0.3) is 10.9 Å². The van der Waals surface area contributed by atoms with Gasteiger partial charge in [0.25, 0.3) is 0 Å². The SMILES string of the molecule is CCCC(C)CC(=O)C1(C(=O)C[C@@H](CCCNC(N)=O)C(=O)Nc2ccc(COC(=O)N3CCN(c4cc5c(cc4F)c(=O)c(C(=O)O)cn5CC)CC3)cc2)CCC1. The van der Waals surface area contributed by atoms with Crippen molar-refractivity contribution in [1.29, 1.82) is 0 Å². The highest BCUT2D eigenvalue weighted by Gasteiger charge is 2.50. The van der Waals surface area contributed by atoms with E-state index in [1.807, 2.05) is 6.92 Å². The van der Waals surface area contributed by atoms with E-state index in [-0.39, 0.29) is 67.1 Å². The normalized spacial score (nSPS) is 15.8. The number of nitrogens with zero attached hydrogens (tertiary/aromatic N) is 3. The van der Waals surface area contributed by atoms with Gasteiger partial charge in [-0.15, -0.1) is 0 Å². The predicted octanol–water partition coefficient (Wildman–Crippen LogP) is 5.85. The average Bonchev–Trinajstić information content (AvgIpc) is 3.18. The van der Waals surface area contributed by atoms with E-state index in [4.69, 9.17) is 10.5 Å². The number of hydrogen-bond acceptors (Lipinski definition) is 9. The summed E-state index contributed by atoms with van der Waals surface area (Å²) in [5, 5.41) is 14.8. The number of anilines is 2. The van der Waals surface area contributed by atoms with E-state index < -0.39 is 46.2 Å². The van der Waals surface area contributed by atoms with Crippen LogP contribution in [0.15, 0.2) is 47.4 Å². The minimum absolute atomic E-state index is 0.0215. The van der Waals surface area contributed by atoms with Crippen LogP contribution in [0.3, 0.4) is 0 Å². The first-order chi connectivity index (χ1) is 28.2. The number of urea groups is 1. The first-order valence-electron chi connectivity index (χ1n) is 20.4. The molecule has 59 heavy (non-hydrogen) atoms. The van der Waals surface area contributed by atoms with E-state index in [1.54, 1.807) is 40.7 Å². The smallest absolute Gasteiger partial charge is 0.410 e. The van der Waals surface area contributed by atoms with Crippen LogP contribution in [0.1, 0.15) is 94.5 Å². The number of piperazine rings is 1. The number of aromatic carboxylic acids is 1. The third kappa shape index (κ3) is 10.6. The molecule has 2 fully saturated rings. The number of fused-ring (bicyclic) bond motifs is 1.